The highest BCUT2D eigenvalue weighted by atomic mass is 127. The van der Waals surface area contributed by atoms with Gasteiger partial charge in [-0.05, 0) is 30.6 Å². The fourth-order valence-electron chi connectivity index (χ4n) is 3.43. The summed E-state index contributed by atoms with van der Waals surface area (Å²) in [5.74, 6) is 1.91. The lowest BCUT2D eigenvalue weighted by molar-refractivity contribution is 0.233. The first-order chi connectivity index (χ1) is 8.11. The number of hydrogen-bond donors (Lipinski definition) is 1. The molecule has 0 aromatic rings. The van der Waals surface area contributed by atoms with Gasteiger partial charge in [-0.2, -0.15) is 0 Å². The van der Waals surface area contributed by atoms with Gasteiger partial charge in [-0.25, -0.2) is 0 Å². The number of halogens is 1. The zero-order chi connectivity index (χ0) is 12.3. The van der Waals surface area contributed by atoms with Crippen molar-refractivity contribution < 1.29 is 0 Å². The van der Waals surface area contributed by atoms with Crippen molar-refractivity contribution in [1.82, 2.24) is 10.2 Å². The molecule has 0 saturated heterocycles. The molecule has 0 bridgehead atoms. The van der Waals surface area contributed by atoms with Crippen LogP contribution in [0.1, 0.15) is 46.0 Å². The first-order valence-corrected chi connectivity index (χ1v) is 7.11. The molecule has 0 unspecified atom stereocenters. The molecule has 2 aliphatic rings. The molecule has 3 nitrogen and oxygen atoms in total. The van der Waals surface area contributed by atoms with Crippen molar-refractivity contribution in [2.75, 3.05) is 26.7 Å². The molecule has 1 fully saturated rings. The Morgan fingerprint density at radius 3 is 2.50 bits per heavy atom. The van der Waals surface area contributed by atoms with Crippen molar-refractivity contribution in [3.63, 3.8) is 0 Å². The van der Waals surface area contributed by atoms with Crippen molar-refractivity contribution in [3.05, 3.63) is 0 Å². The Morgan fingerprint density at radius 2 is 2.00 bits per heavy atom. The van der Waals surface area contributed by atoms with Crippen LogP contribution in [0.2, 0.25) is 0 Å². The fraction of sp³-hybridized carbons (Fsp3) is 0.929. The van der Waals surface area contributed by atoms with E-state index in [1.807, 2.05) is 0 Å². The maximum absolute atomic E-state index is 4.52. The van der Waals surface area contributed by atoms with Gasteiger partial charge in [-0.15, -0.1) is 24.0 Å². The number of nitrogens with zero attached hydrogens (tertiary/aromatic N) is 2. The van der Waals surface area contributed by atoms with Crippen LogP contribution in [0.15, 0.2) is 4.99 Å². The van der Waals surface area contributed by atoms with E-state index in [0.717, 1.165) is 31.5 Å². The molecule has 0 aromatic carbocycles. The van der Waals surface area contributed by atoms with E-state index in [1.165, 1.54) is 32.1 Å². The van der Waals surface area contributed by atoms with E-state index in [0.29, 0.717) is 5.41 Å². The van der Waals surface area contributed by atoms with Crippen LogP contribution in [0.5, 0.6) is 0 Å². The minimum atomic E-state index is 0. The van der Waals surface area contributed by atoms with Gasteiger partial charge in [0.1, 0.15) is 0 Å². The second kappa shape index (κ2) is 6.96. The predicted molar refractivity (Wildman–Crippen MR) is 88.7 cm³/mol. The minimum absolute atomic E-state index is 0. The van der Waals surface area contributed by atoms with Crippen molar-refractivity contribution in [2.24, 2.45) is 16.3 Å². The summed E-state index contributed by atoms with van der Waals surface area (Å²) in [6, 6.07) is 0. The summed E-state index contributed by atoms with van der Waals surface area (Å²) >= 11 is 0. The highest BCUT2D eigenvalue weighted by molar-refractivity contribution is 14.0. The Kier molecular flexibility index (Phi) is 6.21. The molecule has 1 aliphatic heterocycles. The quantitative estimate of drug-likeness (QED) is 0.776. The summed E-state index contributed by atoms with van der Waals surface area (Å²) in [4.78, 5) is 6.75. The van der Waals surface area contributed by atoms with E-state index >= 15 is 0 Å². The van der Waals surface area contributed by atoms with Crippen LogP contribution in [0, 0.1) is 11.3 Å². The second-order valence-electron chi connectivity index (χ2n) is 6.29. The van der Waals surface area contributed by atoms with Crippen LogP contribution in [0.25, 0.3) is 0 Å². The first-order valence-electron chi connectivity index (χ1n) is 7.11. The molecule has 106 valence electrons. The highest BCUT2D eigenvalue weighted by Gasteiger charge is 2.34. The topological polar surface area (TPSA) is 27.6 Å². The molecule has 1 heterocycles. The first kappa shape index (κ1) is 16.1. The van der Waals surface area contributed by atoms with Gasteiger partial charge >= 0.3 is 0 Å². The minimum Gasteiger partial charge on any atom is -0.356 e. The maximum atomic E-state index is 4.52. The molecular formula is C14H28IN3. The number of likely N-dealkylation sites (N-methyl/N-ethyl adjacent to an activating group) is 1. The van der Waals surface area contributed by atoms with Crippen LogP contribution >= 0.6 is 24.0 Å². The molecule has 1 saturated carbocycles. The smallest absolute Gasteiger partial charge is 0.193 e. The van der Waals surface area contributed by atoms with Crippen LogP contribution < -0.4 is 5.32 Å². The normalized spacial score (nSPS) is 22.0. The van der Waals surface area contributed by atoms with Crippen LogP contribution in [0.4, 0.5) is 0 Å². The zero-order valence-electron chi connectivity index (χ0n) is 12.0. The second-order valence-corrected chi connectivity index (χ2v) is 6.29. The number of rotatable bonds is 4. The molecule has 2 rings (SSSR count). The van der Waals surface area contributed by atoms with Crippen molar-refractivity contribution >= 4 is 29.9 Å². The largest absolute Gasteiger partial charge is 0.356 e. The number of nitrogens with one attached hydrogen (secondary N) is 1. The van der Waals surface area contributed by atoms with Crippen LogP contribution in [-0.4, -0.2) is 37.5 Å². The Morgan fingerprint density at radius 1 is 1.33 bits per heavy atom. The third kappa shape index (κ3) is 4.00. The lowest BCUT2D eigenvalue weighted by Gasteiger charge is -2.32. The van der Waals surface area contributed by atoms with Gasteiger partial charge in [-0.3, -0.25) is 4.99 Å². The average Bonchev–Trinajstić information content (AvgIpc) is 2.85. The number of aliphatic imine (C=N–C) groups is 1. The van der Waals surface area contributed by atoms with Gasteiger partial charge in [0.05, 0.1) is 6.54 Å². The monoisotopic (exact) mass is 365 g/mol. The van der Waals surface area contributed by atoms with Gasteiger partial charge in [0.25, 0.3) is 0 Å². The molecule has 0 radical (unpaired) electrons. The maximum Gasteiger partial charge on any atom is 0.193 e. The van der Waals surface area contributed by atoms with E-state index in [4.69, 9.17) is 0 Å². The van der Waals surface area contributed by atoms with Crippen LogP contribution in [-0.2, 0) is 0 Å². The van der Waals surface area contributed by atoms with Crippen molar-refractivity contribution in [1.29, 1.82) is 0 Å². The van der Waals surface area contributed by atoms with Crippen LogP contribution in [0.3, 0.4) is 0 Å². The molecule has 0 amide bonds. The van der Waals surface area contributed by atoms with Gasteiger partial charge in [0.15, 0.2) is 5.96 Å². The molecule has 0 aromatic heterocycles. The molecule has 4 heteroatoms. The summed E-state index contributed by atoms with van der Waals surface area (Å²) in [6.45, 7) is 7.84. The van der Waals surface area contributed by atoms with E-state index in [1.54, 1.807) is 0 Å². The molecule has 1 aliphatic carbocycles. The van der Waals surface area contributed by atoms with Crippen molar-refractivity contribution in [3.8, 4) is 0 Å². The standard InChI is InChI=1S/C14H27N3.HI/c1-12(2)10-14(6-4-5-7-14)11-16-13-15-8-9-17(13)3;/h12H,4-11H2,1-3H3,(H,15,16);1H. The number of guanidine groups is 1. The number of hydrogen-bond acceptors (Lipinski definition) is 3. The summed E-state index contributed by atoms with van der Waals surface area (Å²) in [7, 11) is 2.13. The van der Waals surface area contributed by atoms with E-state index in [9.17, 15) is 0 Å². The lowest BCUT2D eigenvalue weighted by atomic mass is 9.78. The highest BCUT2D eigenvalue weighted by Crippen LogP contribution is 2.42. The van der Waals surface area contributed by atoms with Gasteiger partial charge in [0.2, 0.25) is 0 Å². The third-order valence-corrected chi connectivity index (χ3v) is 4.19. The Hall–Kier alpha value is 0. The van der Waals surface area contributed by atoms with Gasteiger partial charge in [0, 0.05) is 20.1 Å². The summed E-state index contributed by atoms with van der Waals surface area (Å²) in [5, 5.41) is 3.60. The zero-order valence-corrected chi connectivity index (χ0v) is 14.4. The molecule has 18 heavy (non-hydrogen) atoms. The Bertz CT molecular complexity index is 283. The van der Waals surface area contributed by atoms with Gasteiger partial charge in [-0.1, -0.05) is 26.7 Å². The lowest BCUT2D eigenvalue weighted by Crippen LogP contribution is -2.42. The summed E-state index contributed by atoms with van der Waals surface area (Å²) < 4.78 is 0. The van der Waals surface area contributed by atoms with E-state index in [-0.39, 0.29) is 24.0 Å². The Balaban J connectivity index is 0.00000162. The van der Waals surface area contributed by atoms with Crippen molar-refractivity contribution in [2.45, 2.75) is 46.0 Å². The summed E-state index contributed by atoms with van der Waals surface area (Å²) in [6.07, 6.45) is 6.98. The van der Waals surface area contributed by atoms with E-state index in [2.05, 4.69) is 36.1 Å². The predicted octanol–water partition coefficient (Wildman–Crippen LogP) is 3.10. The third-order valence-electron chi connectivity index (χ3n) is 4.19. The fourth-order valence-corrected chi connectivity index (χ4v) is 3.43. The molecule has 0 atom stereocenters. The average molecular weight is 365 g/mol. The molecule has 0 spiro atoms. The molecule has 1 N–H and O–H groups in total. The molecular weight excluding hydrogens is 337 g/mol. The SMILES string of the molecule is CC(C)CC1(CNC2=NCCN2C)CCCC1.I. The summed E-state index contributed by atoms with van der Waals surface area (Å²) in [5.41, 5.74) is 0.542. The van der Waals surface area contributed by atoms with E-state index < -0.39 is 0 Å². The Labute approximate surface area is 129 Å². The van der Waals surface area contributed by atoms with Gasteiger partial charge < -0.3 is 10.2 Å².